The van der Waals surface area contributed by atoms with Crippen LogP contribution in [0.5, 0.6) is 0 Å². The molecule has 22 heavy (non-hydrogen) atoms. The van der Waals surface area contributed by atoms with E-state index in [4.69, 9.17) is 17.3 Å². The first kappa shape index (κ1) is 16.1. The molecule has 6 heteroatoms. The Kier molecular flexibility index (Phi) is 4.88. The average Bonchev–Trinajstić information content (AvgIpc) is 2.45. The van der Waals surface area contributed by atoms with Crippen molar-refractivity contribution in [1.29, 1.82) is 0 Å². The van der Waals surface area contributed by atoms with E-state index < -0.39 is 6.04 Å². The summed E-state index contributed by atoms with van der Waals surface area (Å²) in [7, 11) is 0. The molecule has 0 spiro atoms. The van der Waals surface area contributed by atoms with E-state index in [1.807, 2.05) is 13.8 Å². The van der Waals surface area contributed by atoms with Gasteiger partial charge in [0.25, 0.3) is 5.56 Å². The lowest BCUT2D eigenvalue weighted by molar-refractivity contribution is -0.120. The van der Waals surface area contributed by atoms with Crippen LogP contribution >= 0.6 is 11.6 Å². The number of rotatable bonds is 4. The highest BCUT2D eigenvalue weighted by atomic mass is 35.5. The van der Waals surface area contributed by atoms with Gasteiger partial charge < -0.3 is 15.6 Å². The van der Waals surface area contributed by atoms with Gasteiger partial charge in [0.05, 0.1) is 5.02 Å². The van der Waals surface area contributed by atoms with Crippen LogP contribution in [0.3, 0.4) is 0 Å². The molecule has 1 amide bonds. The molecule has 0 saturated heterocycles. The Morgan fingerprint density at radius 2 is 1.82 bits per heavy atom. The highest BCUT2D eigenvalue weighted by Crippen LogP contribution is 2.20. The number of pyridine rings is 1. The van der Waals surface area contributed by atoms with Gasteiger partial charge in [-0.05, 0) is 36.2 Å². The van der Waals surface area contributed by atoms with Crippen molar-refractivity contribution in [2.24, 2.45) is 5.92 Å². The van der Waals surface area contributed by atoms with Gasteiger partial charge in [-0.15, -0.1) is 0 Å². The number of carbonyl (C=O) groups excluding carboxylic acids is 1. The second kappa shape index (κ2) is 6.66. The molecule has 0 aliphatic heterocycles. The molecule has 3 N–H and O–H groups in total. The molecule has 5 nitrogen and oxygen atoms in total. The lowest BCUT2D eigenvalue weighted by Gasteiger charge is -2.23. The number of halogens is 1. The number of carbonyl (C=O) groups is 1. The van der Waals surface area contributed by atoms with Crippen molar-refractivity contribution in [1.82, 2.24) is 4.57 Å². The first-order chi connectivity index (χ1) is 10.4. The summed E-state index contributed by atoms with van der Waals surface area (Å²) in [6.07, 6.45) is 1.48. The molecule has 1 unspecified atom stereocenters. The number of nitrogens with one attached hydrogen (secondary N) is 1. The molecule has 0 radical (unpaired) electrons. The minimum atomic E-state index is -0.649. The van der Waals surface area contributed by atoms with Gasteiger partial charge in [0.1, 0.15) is 6.04 Å². The second-order valence-electron chi connectivity index (χ2n) is 5.39. The first-order valence-electron chi connectivity index (χ1n) is 6.92. The van der Waals surface area contributed by atoms with Gasteiger partial charge in [0.15, 0.2) is 0 Å². The van der Waals surface area contributed by atoms with Crippen LogP contribution in [0.4, 0.5) is 11.4 Å². The van der Waals surface area contributed by atoms with Gasteiger partial charge >= 0.3 is 0 Å². The zero-order valence-electron chi connectivity index (χ0n) is 12.4. The number of nitrogens with two attached hydrogens (primary N) is 1. The molecule has 0 fully saturated rings. The Morgan fingerprint density at radius 1 is 1.18 bits per heavy atom. The molecule has 0 saturated carbocycles. The summed E-state index contributed by atoms with van der Waals surface area (Å²) < 4.78 is 1.36. The zero-order chi connectivity index (χ0) is 16.3. The van der Waals surface area contributed by atoms with Crippen LogP contribution in [0.1, 0.15) is 19.9 Å². The summed E-state index contributed by atoms with van der Waals surface area (Å²) in [5.41, 5.74) is 6.59. The summed E-state index contributed by atoms with van der Waals surface area (Å²) in [6.45, 7) is 3.75. The third-order valence-electron chi connectivity index (χ3n) is 3.28. The van der Waals surface area contributed by atoms with Crippen LogP contribution in [0.2, 0.25) is 5.02 Å². The first-order valence-corrected chi connectivity index (χ1v) is 7.30. The van der Waals surface area contributed by atoms with E-state index in [1.165, 1.54) is 22.9 Å². The molecular formula is C16H18ClN3O2. The van der Waals surface area contributed by atoms with Crippen molar-refractivity contribution in [3.63, 3.8) is 0 Å². The second-order valence-corrected chi connectivity index (χ2v) is 5.83. The maximum Gasteiger partial charge on any atom is 0.251 e. The lowest BCUT2D eigenvalue weighted by atomic mass is 10.0. The Hall–Kier alpha value is -2.27. The molecule has 116 valence electrons. The number of aromatic nitrogens is 1. The monoisotopic (exact) mass is 319 g/mol. The summed E-state index contributed by atoms with van der Waals surface area (Å²) in [5.74, 6) is -0.353. The highest BCUT2D eigenvalue weighted by molar-refractivity contribution is 6.30. The van der Waals surface area contributed by atoms with Crippen molar-refractivity contribution in [2.75, 3.05) is 11.1 Å². The number of hydrogen-bond acceptors (Lipinski definition) is 3. The minimum Gasteiger partial charge on any atom is -0.399 e. The molecule has 0 aliphatic carbocycles. The number of nitrogens with zero attached hydrogens (tertiary/aromatic N) is 1. The number of nitrogen functional groups attached to an aromatic ring is 1. The van der Waals surface area contributed by atoms with Crippen molar-refractivity contribution >= 4 is 28.9 Å². The number of anilines is 2. The Labute approximate surface area is 133 Å². The molecule has 2 rings (SSSR count). The van der Waals surface area contributed by atoms with Crippen molar-refractivity contribution in [3.05, 3.63) is 58.0 Å². The predicted octanol–water partition coefficient (Wildman–Crippen LogP) is 2.92. The molecule has 0 aliphatic rings. The van der Waals surface area contributed by atoms with Crippen LogP contribution in [0, 0.1) is 5.92 Å². The van der Waals surface area contributed by atoms with Gasteiger partial charge in [-0.1, -0.05) is 25.4 Å². The quantitative estimate of drug-likeness (QED) is 0.851. The van der Waals surface area contributed by atoms with Crippen LogP contribution in [0.15, 0.2) is 47.4 Å². The van der Waals surface area contributed by atoms with Crippen molar-refractivity contribution < 1.29 is 4.79 Å². The largest absolute Gasteiger partial charge is 0.399 e. The van der Waals surface area contributed by atoms with Gasteiger partial charge in [-0.25, -0.2) is 0 Å². The Morgan fingerprint density at radius 3 is 2.41 bits per heavy atom. The summed E-state index contributed by atoms with van der Waals surface area (Å²) >= 11 is 5.94. The van der Waals surface area contributed by atoms with E-state index in [0.29, 0.717) is 16.4 Å². The highest BCUT2D eigenvalue weighted by Gasteiger charge is 2.25. The molecular weight excluding hydrogens is 302 g/mol. The van der Waals surface area contributed by atoms with E-state index >= 15 is 0 Å². The molecule has 1 heterocycles. The minimum absolute atomic E-state index is 0.0788. The fraction of sp³-hybridized carbons (Fsp3) is 0.250. The van der Waals surface area contributed by atoms with E-state index in [-0.39, 0.29) is 17.4 Å². The van der Waals surface area contributed by atoms with Gasteiger partial charge in [0.2, 0.25) is 5.91 Å². The maximum absolute atomic E-state index is 12.6. The number of hydrogen-bond donors (Lipinski definition) is 2. The molecule has 1 atom stereocenters. The summed E-state index contributed by atoms with van der Waals surface area (Å²) in [4.78, 5) is 24.6. The smallest absolute Gasteiger partial charge is 0.251 e. The van der Waals surface area contributed by atoms with Crippen LogP contribution in [0.25, 0.3) is 0 Å². The van der Waals surface area contributed by atoms with Crippen molar-refractivity contribution in [2.45, 2.75) is 19.9 Å². The predicted molar refractivity (Wildman–Crippen MR) is 89.1 cm³/mol. The Balaban J connectivity index is 2.31. The molecule has 0 bridgehead atoms. The summed E-state index contributed by atoms with van der Waals surface area (Å²) in [6, 6.07) is 9.04. The molecule has 1 aromatic heterocycles. The fourth-order valence-corrected chi connectivity index (χ4v) is 2.39. The number of amides is 1. The van der Waals surface area contributed by atoms with E-state index in [9.17, 15) is 9.59 Å². The molecule has 2 aromatic rings. The van der Waals surface area contributed by atoms with Crippen LogP contribution in [-0.2, 0) is 4.79 Å². The van der Waals surface area contributed by atoms with E-state index in [1.54, 1.807) is 24.3 Å². The van der Waals surface area contributed by atoms with Crippen LogP contribution < -0.4 is 16.6 Å². The maximum atomic E-state index is 12.6. The standard InChI is InChI=1S/C16H18ClN3O2/c1-10(2)15(20-9-11(17)3-8-14(20)21)16(22)19-13-6-4-12(18)5-7-13/h3-10,15H,18H2,1-2H3,(H,19,22). The summed E-state index contributed by atoms with van der Waals surface area (Å²) in [5, 5.41) is 3.21. The van der Waals surface area contributed by atoms with Crippen LogP contribution in [-0.4, -0.2) is 10.5 Å². The number of benzene rings is 1. The SMILES string of the molecule is CC(C)C(C(=O)Nc1ccc(N)cc1)n1cc(Cl)ccc1=O. The average molecular weight is 320 g/mol. The normalized spacial score (nSPS) is 12.2. The van der Waals surface area contributed by atoms with Gasteiger partial charge in [-0.3, -0.25) is 9.59 Å². The topological polar surface area (TPSA) is 77.1 Å². The fourth-order valence-electron chi connectivity index (χ4n) is 2.23. The zero-order valence-corrected chi connectivity index (χ0v) is 13.2. The van der Waals surface area contributed by atoms with Crippen molar-refractivity contribution in [3.8, 4) is 0 Å². The Bertz CT molecular complexity index is 723. The molecule has 1 aromatic carbocycles. The third kappa shape index (κ3) is 3.68. The van der Waals surface area contributed by atoms with E-state index in [0.717, 1.165) is 0 Å². The van der Waals surface area contributed by atoms with E-state index in [2.05, 4.69) is 5.32 Å². The van der Waals surface area contributed by atoms with Gasteiger partial charge in [-0.2, -0.15) is 0 Å². The third-order valence-corrected chi connectivity index (χ3v) is 3.50. The van der Waals surface area contributed by atoms with Gasteiger partial charge in [0, 0.05) is 23.6 Å². The lowest BCUT2D eigenvalue weighted by Crippen LogP contribution is -2.35.